The Labute approximate surface area is 121 Å². The molecule has 0 aliphatic carbocycles. The minimum Gasteiger partial charge on any atom is -0.508 e. The maximum Gasteiger partial charge on any atom is 0.115 e. The van der Waals surface area contributed by atoms with Crippen molar-refractivity contribution in [2.24, 2.45) is 0 Å². The Morgan fingerprint density at radius 1 is 0.550 bits per heavy atom. The van der Waals surface area contributed by atoms with E-state index in [1.165, 1.54) is 0 Å². The highest BCUT2D eigenvalue weighted by molar-refractivity contribution is 5.45. The molecule has 2 heteroatoms. The molecule has 0 spiro atoms. The van der Waals surface area contributed by atoms with Crippen LogP contribution in [0.1, 0.15) is 38.8 Å². The maximum atomic E-state index is 9.10. The summed E-state index contributed by atoms with van der Waals surface area (Å²) >= 11 is 0. The van der Waals surface area contributed by atoms with Crippen molar-refractivity contribution in [2.75, 3.05) is 0 Å². The summed E-state index contributed by atoms with van der Waals surface area (Å²) in [6, 6.07) is 13.4. The minimum atomic E-state index is 0.232. The smallest absolute Gasteiger partial charge is 0.115 e. The lowest BCUT2D eigenvalue weighted by Gasteiger charge is -1.92. The first-order valence-corrected chi connectivity index (χ1v) is 6.84. The van der Waals surface area contributed by atoms with Gasteiger partial charge in [-0.05, 0) is 48.5 Å². The molecule has 0 atom stereocenters. The van der Waals surface area contributed by atoms with Crippen LogP contribution in [0.4, 0.5) is 0 Å². The fraction of sp³-hybridized carbons (Fsp3) is 0.222. The van der Waals surface area contributed by atoms with Crippen molar-refractivity contribution in [3.63, 3.8) is 0 Å². The van der Waals surface area contributed by atoms with Gasteiger partial charge in [0.05, 0.1) is 0 Å². The zero-order chi connectivity index (χ0) is 15.4. The van der Waals surface area contributed by atoms with E-state index >= 15 is 0 Å². The second-order valence-electron chi connectivity index (χ2n) is 3.34. The van der Waals surface area contributed by atoms with Crippen molar-refractivity contribution >= 4 is 0 Å². The van der Waals surface area contributed by atoms with E-state index in [2.05, 4.69) is 11.8 Å². The van der Waals surface area contributed by atoms with Crippen LogP contribution in [-0.4, -0.2) is 10.2 Å². The summed E-state index contributed by atoms with van der Waals surface area (Å²) < 4.78 is 0. The summed E-state index contributed by atoms with van der Waals surface area (Å²) in [7, 11) is 0. The van der Waals surface area contributed by atoms with Crippen molar-refractivity contribution in [1.29, 1.82) is 0 Å². The maximum absolute atomic E-state index is 9.10. The Balaban J connectivity index is 0.000000829. The molecular weight excluding hydrogens is 248 g/mol. The van der Waals surface area contributed by atoms with Gasteiger partial charge in [0, 0.05) is 11.1 Å². The molecule has 0 heterocycles. The van der Waals surface area contributed by atoms with Crippen LogP contribution in [0.3, 0.4) is 0 Å². The van der Waals surface area contributed by atoms with Gasteiger partial charge in [-0.3, -0.25) is 0 Å². The van der Waals surface area contributed by atoms with Crippen molar-refractivity contribution in [3.05, 3.63) is 59.7 Å². The van der Waals surface area contributed by atoms with Gasteiger partial charge in [0.15, 0.2) is 0 Å². The van der Waals surface area contributed by atoms with Crippen LogP contribution >= 0.6 is 0 Å². The summed E-state index contributed by atoms with van der Waals surface area (Å²) in [5.41, 5.74) is 1.68. The van der Waals surface area contributed by atoms with Crippen molar-refractivity contribution < 1.29 is 10.2 Å². The molecule has 0 fully saturated rings. The predicted octanol–water partition coefficient (Wildman–Crippen LogP) is 4.55. The molecule has 0 amide bonds. The number of aromatic hydroxyl groups is 2. The van der Waals surface area contributed by atoms with Gasteiger partial charge in [-0.2, -0.15) is 0 Å². The summed E-state index contributed by atoms with van der Waals surface area (Å²) in [6.45, 7) is 8.00. The van der Waals surface area contributed by atoms with Gasteiger partial charge < -0.3 is 10.2 Å². The molecule has 2 rings (SSSR count). The average Bonchev–Trinajstić information content (AvgIpc) is 2.52. The van der Waals surface area contributed by atoms with E-state index in [1.54, 1.807) is 48.5 Å². The van der Waals surface area contributed by atoms with E-state index in [-0.39, 0.29) is 11.5 Å². The van der Waals surface area contributed by atoms with Gasteiger partial charge in [0.2, 0.25) is 0 Å². The number of hydrogen-bond donors (Lipinski definition) is 2. The van der Waals surface area contributed by atoms with Gasteiger partial charge in [0.1, 0.15) is 11.5 Å². The first-order valence-electron chi connectivity index (χ1n) is 6.84. The summed E-state index contributed by atoms with van der Waals surface area (Å²) in [4.78, 5) is 0. The normalized spacial score (nSPS) is 8.00. The molecule has 0 aliphatic heterocycles. The van der Waals surface area contributed by atoms with E-state index in [4.69, 9.17) is 10.2 Å². The second kappa shape index (κ2) is 10.5. The topological polar surface area (TPSA) is 40.5 Å². The SMILES string of the molecule is CC.CC.Oc1ccc(C#Cc2ccc(O)cc2)cc1. The largest absolute Gasteiger partial charge is 0.508 e. The quantitative estimate of drug-likeness (QED) is 0.689. The number of benzene rings is 2. The fourth-order valence-electron chi connectivity index (χ4n) is 1.23. The zero-order valence-electron chi connectivity index (χ0n) is 12.5. The standard InChI is InChI=1S/C14H10O2.2C2H6/c15-13-7-3-11(4-8-13)1-2-12-5-9-14(16)10-6-12;2*1-2/h3-10,15-16H;2*1-2H3. The third-order valence-corrected chi connectivity index (χ3v) is 2.09. The molecule has 0 aliphatic rings. The Kier molecular flexibility index (Phi) is 9.25. The van der Waals surface area contributed by atoms with Gasteiger partial charge in [-0.1, -0.05) is 39.5 Å². The molecule has 20 heavy (non-hydrogen) atoms. The molecule has 0 saturated heterocycles. The van der Waals surface area contributed by atoms with Crippen molar-refractivity contribution in [1.82, 2.24) is 0 Å². The number of phenols is 2. The molecule has 0 radical (unpaired) electrons. The van der Waals surface area contributed by atoms with Gasteiger partial charge in [0.25, 0.3) is 0 Å². The second-order valence-corrected chi connectivity index (χ2v) is 3.34. The lowest BCUT2D eigenvalue weighted by molar-refractivity contribution is 0.474. The fourth-order valence-corrected chi connectivity index (χ4v) is 1.23. The first kappa shape index (κ1) is 17.6. The third-order valence-electron chi connectivity index (χ3n) is 2.09. The van der Waals surface area contributed by atoms with E-state index < -0.39 is 0 Å². The first-order chi connectivity index (χ1) is 9.74. The van der Waals surface area contributed by atoms with Crippen LogP contribution in [0.25, 0.3) is 0 Å². The van der Waals surface area contributed by atoms with E-state index in [0.717, 1.165) is 11.1 Å². The van der Waals surface area contributed by atoms with E-state index in [1.807, 2.05) is 27.7 Å². The summed E-state index contributed by atoms with van der Waals surface area (Å²) in [6.07, 6.45) is 0. The Morgan fingerprint density at radius 2 is 0.800 bits per heavy atom. The molecule has 2 N–H and O–H groups in total. The number of hydrogen-bond acceptors (Lipinski definition) is 2. The average molecular weight is 270 g/mol. The zero-order valence-corrected chi connectivity index (χ0v) is 12.5. The molecule has 2 nitrogen and oxygen atoms in total. The molecule has 2 aromatic rings. The lowest BCUT2D eigenvalue weighted by Crippen LogP contribution is -1.75. The monoisotopic (exact) mass is 270 g/mol. The van der Waals surface area contributed by atoms with Crippen LogP contribution in [0.2, 0.25) is 0 Å². The highest BCUT2D eigenvalue weighted by Crippen LogP contribution is 2.10. The number of phenolic OH excluding ortho intramolecular Hbond substituents is 2. The highest BCUT2D eigenvalue weighted by atomic mass is 16.3. The van der Waals surface area contributed by atoms with Crippen LogP contribution in [0.5, 0.6) is 11.5 Å². The Hall–Kier alpha value is -2.40. The van der Waals surface area contributed by atoms with Crippen LogP contribution < -0.4 is 0 Å². The summed E-state index contributed by atoms with van der Waals surface area (Å²) in [5, 5.41) is 18.2. The summed E-state index contributed by atoms with van der Waals surface area (Å²) in [5.74, 6) is 6.39. The lowest BCUT2D eigenvalue weighted by atomic mass is 10.2. The molecule has 0 aromatic heterocycles. The Bertz CT molecular complexity index is 479. The van der Waals surface area contributed by atoms with Crippen LogP contribution in [0.15, 0.2) is 48.5 Å². The predicted molar refractivity (Wildman–Crippen MR) is 84.9 cm³/mol. The highest BCUT2D eigenvalue weighted by Gasteiger charge is 1.89. The van der Waals surface area contributed by atoms with Gasteiger partial charge in [-0.15, -0.1) is 0 Å². The molecular formula is C18H22O2. The van der Waals surface area contributed by atoms with E-state index in [9.17, 15) is 0 Å². The minimum absolute atomic E-state index is 0.232. The van der Waals surface area contributed by atoms with Gasteiger partial charge in [-0.25, -0.2) is 0 Å². The van der Waals surface area contributed by atoms with Gasteiger partial charge >= 0.3 is 0 Å². The number of rotatable bonds is 0. The molecule has 0 unspecified atom stereocenters. The Morgan fingerprint density at radius 3 is 1.05 bits per heavy atom. The molecule has 2 aromatic carbocycles. The molecule has 106 valence electrons. The van der Waals surface area contributed by atoms with Crippen LogP contribution in [0, 0.1) is 11.8 Å². The van der Waals surface area contributed by atoms with Crippen LogP contribution in [-0.2, 0) is 0 Å². The molecule has 0 bridgehead atoms. The van der Waals surface area contributed by atoms with Crippen molar-refractivity contribution in [3.8, 4) is 23.3 Å². The van der Waals surface area contributed by atoms with E-state index in [0.29, 0.717) is 0 Å². The van der Waals surface area contributed by atoms with Crippen molar-refractivity contribution in [2.45, 2.75) is 27.7 Å². The third kappa shape index (κ3) is 6.51. The molecule has 0 saturated carbocycles.